The third-order valence-electron chi connectivity index (χ3n) is 3.20. The molecular formula is C16H12BrNOS3. The predicted octanol–water partition coefficient (Wildman–Crippen LogP) is 4.80. The molecule has 0 aliphatic carbocycles. The van der Waals surface area contributed by atoms with Gasteiger partial charge in [0, 0.05) is 9.37 Å². The summed E-state index contributed by atoms with van der Waals surface area (Å²) in [7, 11) is 0. The minimum absolute atomic E-state index is 0.00801. The molecule has 1 aliphatic heterocycles. The van der Waals surface area contributed by atoms with E-state index in [9.17, 15) is 4.79 Å². The molecular weight excluding hydrogens is 398 g/mol. The van der Waals surface area contributed by atoms with Crippen LogP contribution in [0.5, 0.6) is 0 Å². The molecule has 0 saturated carbocycles. The van der Waals surface area contributed by atoms with Crippen LogP contribution in [-0.4, -0.2) is 15.5 Å². The van der Waals surface area contributed by atoms with Crippen molar-refractivity contribution in [2.45, 2.75) is 15.4 Å². The number of nitrogens with one attached hydrogen (secondary N) is 1. The number of carbonyl (C=O) groups is 1. The molecule has 2 atom stereocenters. The quantitative estimate of drug-likeness (QED) is 0.579. The van der Waals surface area contributed by atoms with Gasteiger partial charge in [0.25, 0.3) is 0 Å². The number of thiocarbonyl (C=S) groups is 1. The highest BCUT2D eigenvalue weighted by Gasteiger charge is 2.37. The summed E-state index contributed by atoms with van der Waals surface area (Å²) in [6.07, 6.45) is 0. The zero-order valence-corrected chi connectivity index (χ0v) is 15.4. The molecule has 1 heterocycles. The molecule has 0 radical (unpaired) electrons. The highest BCUT2D eigenvalue weighted by atomic mass is 79.9. The van der Waals surface area contributed by atoms with Crippen molar-refractivity contribution in [2.75, 3.05) is 0 Å². The maximum absolute atomic E-state index is 12.2. The molecule has 6 heteroatoms. The number of thioether (sulfide) groups is 2. The van der Waals surface area contributed by atoms with Crippen molar-refractivity contribution in [2.24, 2.45) is 0 Å². The molecule has 0 bridgehead atoms. The molecule has 1 amide bonds. The number of amides is 1. The van der Waals surface area contributed by atoms with Gasteiger partial charge in [-0.2, -0.15) is 0 Å². The Kier molecular flexibility index (Phi) is 5.23. The van der Waals surface area contributed by atoms with E-state index in [0.717, 1.165) is 14.9 Å². The number of carbonyl (C=O) groups excluding carboxylic acids is 1. The highest BCUT2D eigenvalue weighted by molar-refractivity contribution is 9.10. The zero-order chi connectivity index (χ0) is 15.5. The number of halogens is 1. The van der Waals surface area contributed by atoms with Crippen LogP contribution >= 0.6 is 51.7 Å². The van der Waals surface area contributed by atoms with Gasteiger partial charge in [-0.15, -0.1) is 11.8 Å². The van der Waals surface area contributed by atoms with Crippen LogP contribution in [0.25, 0.3) is 0 Å². The topological polar surface area (TPSA) is 29.1 Å². The van der Waals surface area contributed by atoms with Crippen LogP contribution < -0.4 is 5.32 Å². The Bertz CT molecular complexity index is 690. The molecule has 0 spiro atoms. The van der Waals surface area contributed by atoms with E-state index in [0.29, 0.717) is 4.32 Å². The maximum Gasteiger partial charge on any atom is 0.240 e. The van der Waals surface area contributed by atoms with Gasteiger partial charge in [0.05, 0.1) is 5.25 Å². The molecule has 112 valence electrons. The molecule has 22 heavy (non-hydrogen) atoms. The summed E-state index contributed by atoms with van der Waals surface area (Å²) in [4.78, 5) is 13.4. The normalized spacial score (nSPS) is 19.0. The van der Waals surface area contributed by atoms with E-state index >= 15 is 0 Å². The largest absolute Gasteiger partial charge is 0.311 e. The average Bonchev–Trinajstić information content (AvgIpc) is 2.85. The molecule has 1 aliphatic rings. The van der Waals surface area contributed by atoms with E-state index in [1.165, 1.54) is 11.8 Å². The first-order chi connectivity index (χ1) is 10.6. The molecule has 1 fully saturated rings. The number of hydrogen-bond acceptors (Lipinski definition) is 4. The lowest BCUT2D eigenvalue weighted by Crippen LogP contribution is -2.27. The van der Waals surface area contributed by atoms with Gasteiger partial charge in [0.15, 0.2) is 0 Å². The van der Waals surface area contributed by atoms with Gasteiger partial charge >= 0.3 is 0 Å². The Balaban J connectivity index is 1.93. The fourth-order valence-electron chi connectivity index (χ4n) is 2.17. The molecule has 3 rings (SSSR count). The van der Waals surface area contributed by atoms with Crippen molar-refractivity contribution in [1.29, 1.82) is 0 Å². The molecule has 1 N–H and O–H groups in total. The lowest BCUT2D eigenvalue weighted by atomic mass is 10.1. The highest BCUT2D eigenvalue weighted by Crippen LogP contribution is 2.44. The Labute approximate surface area is 151 Å². The fraction of sp³-hybridized carbons (Fsp3) is 0.125. The monoisotopic (exact) mass is 409 g/mol. The molecule has 2 aromatic carbocycles. The second-order valence-electron chi connectivity index (χ2n) is 4.72. The van der Waals surface area contributed by atoms with Crippen LogP contribution in [0.2, 0.25) is 0 Å². The first kappa shape index (κ1) is 16.1. The summed E-state index contributed by atoms with van der Waals surface area (Å²) in [6, 6.07) is 18.2. The Hall–Kier alpha value is -0.820. The van der Waals surface area contributed by atoms with Crippen molar-refractivity contribution in [3.8, 4) is 0 Å². The fourth-order valence-corrected chi connectivity index (χ4v) is 5.17. The second kappa shape index (κ2) is 7.17. The Morgan fingerprint density at radius 1 is 1.14 bits per heavy atom. The summed E-state index contributed by atoms with van der Waals surface area (Å²) in [6.45, 7) is 0. The summed E-state index contributed by atoms with van der Waals surface area (Å²) in [5.41, 5.74) is 1.12. The summed E-state index contributed by atoms with van der Waals surface area (Å²) < 4.78 is 1.59. The van der Waals surface area contributed by atoms with Crippen molar-refractivity contribution < 1.29 is 4.79 Å². The third-order valence-corrected chi connectivity index (χ3v) is 6.69. The van der Waals surface area contributed by atoms with Gasteiger partial charge in [-0.1, -0.05) is 70.2 Å². The summed E-state index contributed by atoms with van der Waals surface area (Å²) in [5, 5.41) is 2.55. The standard InChI is InChI=1S/C16H12BrNOS3/c17-11-8-6-10(7-9-11)13(14-15(19)18-16(20)22-14)21-12-4-2-1-3-5-12/h1-9,13-14H,(H,18,19,20). The molecule has 0 aromatic heterocycles. The summed E-state index contributed by atoms with van der Waals surface area (Å²) in [5.74, 6) is -0.00801. The Morgan fingerprint density at radius 3 is 2.41 bits per heavy atom. The number of hydrogen-bond donors (Lipinski definition) is 1. The van der Waals surface area contributed by atoms with E-state index in [1.54, 1.807) is 11.8 Å². The van der Waals surface area contributed by atoms with Gasteiger partial charge < -0.3 is 5.32 Å². The van der Waals surface area contributed by atoms with Crippen LogP contribution in [0.15, 0.2) is 64.0 Å². The third kappa shape index (κ3) is 3.74. The van der Waals surface area contributed by atoms with E-state index in [-0.39, 0.29) is 16.4 Å². The van der Waals surface area contributed by atoms with Crippen molar-refractivity contribution in [3.05, 3.63) is 64.6 Å². The number of rotatable bonds is 4. The maximum atomic E-state index is 12.2. The van der Waals surface area contributed by atoms with Crippen molar-refractivity contribution in [1.82, 2.24) is 5.32 Å². The zero-order valence-electron chi connectivity index (χ0n) is 11.4. The smallest absolute Gasteiger partial charge is 0.240 e. The Morgan fingerprint density at radius 2 is 1.82 bits per heavy atom. The first-order valence-electron chi connectivity index (χ1n) is 6.62. The van der Waals surface area contributed by atoms with E-state index in [2.05, 4.69) is 45.5 Å². The van der Waals surface area contributed by atoms with Crippen molar-refractivity contribution >= 4 is 61.9 Å². The van der Waals surface area contributed by atoms with E-state index in [4.69, 9.17) is 12.2 Å². The van der Waals surface area contributed by atoms with Gasteiger partial charge in [0.1, 0.15) is 9.57 Å². The average molecular weight is 410 g/mol. The SMILES string of the molecule is O=C1NC(=S)SC1C(Sc1ccccc1)c1ccc(Br)cc1. The van der Waals surface area contributed by atoms with Crippen LogP contribution in [0.3, 0.4) is 0 Å². The number of benzene rings is 2. The molecule has 1 saturated heterocycles. The van der Waals surface area contributed by atoms with Gasteiger partial charge in [-0.3, -0.25) is 4.79 Å². The lowest BCUT2D eigenvalue weighted by molar-refractivity contribution is -0.118. The van der Waals surface area contributed by atoms with Gasteiger partial charge in [0.2, 0.25) is 5.91 Å². The van der Waals surface area contributed by atoms with Crippen molar-refractivity contribution in [3.63, 3.8) is 0 Å². The minimum Gasteiger partial charge on any atom is -0.311 e. The van der Waals surface area contributed by atoms with Crippen LogP contribution in [0, 0.1) is 0 Å². The molecule has 2 unspecified atom stereocenters. The predicted molar refractivity (Wildman–Crippen MR) is 101 cm³/mol. The minimum atomic E-state index is -0.209. The molecule has 2 aromatic rings. The van der Waals surface area contributed by atoms with Crippen LogP contribution in [-0.2, 0) is 4.79 Å². The van der Waals surface area contributed by atoms with Gasteiger partial charge in [-0.25, -0.2) is 0 Å². The lowest BCUT2D eigenvalue weighted by Gasteiger charge is -2.21. The second-order valence-corrected chi connectivity index (χ2v) is 8.67. The van der Waals surface area contributed by atoms with E-state index in [1.807, 2.05) is 30.3 Å². The van der Waals surface area contributed by atoms with E-state index < -0.39 is 0 Å². The van der Waals surface area contributed by atoms with Crippen LogP contribution in [0.1, 0.15) is 10.8 Å². The van der Waals surface area contributed by atoms with Crippen LogP contribution in [0.4, 0.5) is 0 Å². The summed E-state index contributed by atoms with van der Waals surface area (Å²) >= 11 is 11.7. The molecule has 2 nitrogen and oxygen atoms in total. The van der Waals surface area contributed by atoms with Gasteiger partial charge in [-0.05, 0) is 29.8 Å². The first-order valence-corrected chi connectivity index (χ1v) is 9.58.